The van der Waals surface area contributed by atoms with E-state index in [1.807, 2.05) is 20.8 Å². The SMILES string of the molecule is CC(C)(C)OC(=O)C[C@@H](CCCC1CCCCC1)c1nc(CNS(=O)(=O)c2ncn[nH]2)no1.O=C(O)C[C@@H](CCCC1CCCCC1)c1nc(CNS(=O)(=O)c2ncn[nH]2)no1. The summed E-state index contributed by atoms with van der Waals surface area (Å²) in [4.78, 5) is 39.5. The van der Waals surface area contributed by atoms with Crippen molar-refractivity contribution in [1.82, 2.24) is 60.1 Å². The first-order chi connectivity index (χ1) is 29.6. The predicted octanol–water partition coefficient (Wildman–Crippen LogP) is 5.21. The summed E-state index contributed by atoms with van der Waals surface area (Å²) < 4.78 is 69.2. The van der Waals surface area contributed by atoms with E-state index in [4.69, 9.17) is 13.8 Å². The van der Waals surface area contributed by atoms with Gasteiger partial charge in [0.05, 0.1) is 25.9 Å². The Labute approximate surface area is 361 Å². The first-order valence-electron chi connectivity index (χ1n) is 21.3. The number of aliphatic carboxylic acids is 1. The van der Waals surface area contributed by atoms with Crippen molar-refractivity contribution < 1.29 is 45.3 Å². The minimum absolute atomic E-state index is 0.101. The molecule has 0 amide bonds. The zero-order valence-electron chi connectivity index (χ0n) is 35.6. The van der Waals surface area contributed by atoms with Gasteiger partial charge in [0, 0.05) is 11.8 Å². The first kappa shape index (κ1) is 48.4. The number of nitrogens with one attached hydrogen (secondary N) is 4. The molecule has 0 spiro atoms. The minimum atomic E-state index is -3.87. The van der Waals surface area contributed by atoms with Crippen LogP contribution in [0.5, 0.6) is 0 Å². The maximum atomic E-state index is 12.5. The second-order valence-corrected chi connectivity index (χ2v) is 20.3. The number of rotatable bonds is 22. The van der Waals surface area contributed by atoms with E-state index in [1.54, 1.807) is 0 Å². The number of sulfonamides is 2. The number of carboxylic acid groups (broad SMARTS) is 1. The van der Waals surface area contributed by atoms with Gasteiger partial charge in [-0.1, -0.05) is 100 Å². The normalized spacial score (nSPS) is 16.6. The molecular formula is C38H60N12O10S2. The summed E-state index contributed by atoms with van der Waals surface area (Å²) in [5.74, 6) is 0.388. The van der Waals surface area contributed by atoms with Crippen molar-refractivity contribution in [2.45, 2.75) is 177 Å². The zero-order valence-corrected chi connectivity index (χ0v) is 37.3. The third kappa shape index (κ3) is 16.2. The summed E-state index contributed by atoms with van der Waals surface area (Å²) in [6, 6.07) is 0. The van der Waals surface area contributed by atoms with Crippen molar-refractivity contribution >= 4 is 32.0 Å². The van der Waals surface area contributed by atoms with Gasteiger partial charge < -0.3 is 18.9 Å². The van der Waals surface area contributed by atoms with E-state index in [1.165, 1.54) is 64.2 Å². The van der Waals surface area contributed by atoms with Crippen LogP contribution in [0.1, 0.15) is 172 Å². The number of carboxylic acids is 1. The molecule has 0 saturated heterocycles. The summed E-state index contributed by atoms with van der Waals surface area (Å²) in [5, 5.41) is 27.9. The highest BCUT2D eigenvalue weighted by Gasteiger charge is 2.28. The van der Waals surface area contributed by atoms with Gasteiger partial charge in [-0.3, -0.25) is 9.59 Å². The lowest BCUT2D eigenvalue weighted by Crippen LogP contribution is -2.25. The second kappa shape index (κ2) is 23.1. The molecule has 4 heterocycles. The maximum absolute atomic E-state index is 12.5. The van der Waals surface area contributed by atoms with Crippen LogP contribution in [0.15, 0.2) is 32.0 Å². The fourth-order valence-corrected chi connectivity index (χ4v) is 9.42. The Bertz CT molecular complexity index is 2160. The number of hydrogen-bond acceptors (Lipinski definition) is 17. The van der Waals surface area contributed by atoms with Gasteiger partial charge in [0.15, 0.2) is 11.6 Å². The number of carbonyl (C=O) groups is 2. The molecule has 4 aromatic heterocycles. The Kier molecular flexibility index (Phi) is 18.0. The molecule has 0 aromatic carbocycles. The molecule has 0 bridgehead atoms. The fourth-order valence-electron chi connectivity index (χ4n) is 7.79. The number of nitrogens with zero attached hydrogens (tertiary/aromatic N) is 8. The number of ether oxygens (including phenoxy) is 1. The van der Waals surface area contributed by atoms with Crippen molar-refractivity contribution in [3.8, 4) is 0 Å². The van der Waals surface area contributed by atoms with Gasteiger partial charge in [0.2, 0.25) is 11.8 Å². The van der Waals surface area contributed by atoms with Crippen LogP contribution in [-0.2, 0) is 47.5 Å². The highest BCUT2D eigenvalue weighted by Crippen LogP contribution is 2.33. The number of esters is 1. The van der Waals surface area contributed by atoms with Gasteiger partial charge in [0.1, 0.15) is 18.3 Å². The molecule has 5 N–H and O–H groups in total. The van der Waals surface area contributed by atoms with E-state index >= 15 is 0 Å². The molecule has 2 saturated carbocycles. The number of carbonyl (C=O) groups excluding carboxylic acids is 1. The highest BCUT2D eigenvalue weighted by atomic mass is 32.2. The van der Waals surface area contributed by atoms with E-state index < -0.39 is 31.6 Å². The van der Waals surface area contributed by atoms with Crippen LogP contribution in [-0.4, -0.2) is 90.1 Å². The Morgan fingerprint density at radius 2 is 1.18 bits per heavy atom. The minimum Gasteiger partial charge on any atom is -0.481 e. The van der Waals surface area contributed by atoms with Crippen LogP contribution in [0.25, 0.3) is 0 Å². The topological polar surface area (TPSA) is 317 Å². The lowest BCUT2D eigenvalue weighted by molar-refractivity contribution is -0.155. The van der Waals surface area contributed by atoms with Crippen molar-refractivity contribution in [2.24, 2.45) is 11.8 Å². The number of aromatic amines is 2. The molecule has 2 atom stereocenters. The number of aromatic nitrogens is 10. The Balaban J connectivity index is 0.000000236. The van der Waals surface area contributed by atoms with E-state index in [2.05, 4.69) is 60.1 Å². The maximum Gasteiger partial charge on any atom is 0.307 e. The number of H-pyrrole nitrogens is 2. The lowest BCUT2D eigenvalue weighted by Gasteiger charge is -2.23. The Hall–Kier alpha value is -4.68. The highest BCUT2D eigenvalue weighted by molar-refractivity contribution is 7.89. The average Bonchev–Trinajstić information content (AvgIpc) is 4.08. The van der Waals surface area contributed by atoms with Crippen LogP contribution in [0.3, 0.4) is 0 Å². The van der Waals surface area contributed by atoms with Crippen molar-refractivity contribution in [1.29, 1.82) is 0 Å². The van der Waals surface area contributed by atoms with Gasteiger partial charge in [-0.05, 0) is 45.4 Å². The molecule has 2 fully saturated rings. The molecule has 344 valence electrons. The monoisotopic (exact) mass is 908 g/mol. The second-order valence-electron chi connectivity index (χ2n) is 17.0. The van der Waals surface area contributed by atoms with Crippen LogP contribution in [0, 0.1) is 11.8 Å². The molecule has 22 nitrogen and oxygen atoms in total. The van der Waals surface area contributed by atoms with Crippen LogP contribution in [0.4, 0.5) is 0 Å². The molecular weight excluding hydrogens is 849 g/mol. The fraction of sp³-hybridized carbons (Fsp3) is 0.737. The van der Waals surface area contributed by atoms with Gasteiger partial charge in [-0.2, -0.15) is 20.2 Å². The summed E-state index contributed by atoms with van der Waals surface area (Å²) in [7, 11) is -7.73. The Morgan fingerprint density at radius 1 is 0.742 bits per heavy atom. The van der Waals surface area contributed by atoms with Crippen LogP contribution in [0.2, 0.25) is 0 Å². The summed E-state index contributed by atoms with van der Waals surface area (Å²) in [5.41, 5.74) is -0.581. The van der Waals surface area contributed by atoms with Gasteiger partial charge in [-0.25, -0.2) is 46.4 Å². The summed E-state index contributed by atoms with van der Waals surface area (Å²) in [6.45, 7) is 5.11. The van der Waals surface area contributed by atoms with Crippen molar-refractivity contribution in [2.75, 3.05) is 0 Å². The smallest absolute Gasteiger partial charge is 0.307 e. The van der Waals surface area contributed by atoms with Gasteiger partial charge >= 0.3 is 11.9 Å². The van der Waals surface area contributed by atoms with Gasteiger partial charge in [-0.15, -0.1) is 0 Å². The summed E-state index contributed by atoms with van der Waals surface area (Å²) in [6.07, 6.45) is 20.5. The third-order valence-electron chi connectivity index (χ3n) is 10.8. The molecule has 62 heavy (non-hydrogen) atoms. The quantitative estimate of drug-likeness (QED) is 0.0632. The number of hydrogen-bond donors (Lipinski definition) is 5. The molecule has 4 aromatic rings. The van der Waals surface area contributed by atoms with E-state index in [-0.39, 0.29) is 71.6 Å². The van der Waals surface area contributed by atoms with Crippen molar-refractivity contribution in [3.05, 3.63) is 36.1 Å². The molecule has 2 aliphatic rings. The van der Waals surface area contributed by atoms with Gasteiger partial charge in [0.25, 0.3) is 30.4 Å². The molecule has 0 aliphatic heterocycles. The lowest BCUT2D eigenvalue weighted by atomic mass is 9.84. The van der Waals surface area contributed by atoms with E-state index in [0.29, 0.717) is 12.3 Å². The molecule has 2 aliphatic carbocycles. The van der Waals surface area contributed by atoms with Crippen LogP contribution < -0.4 is 9.44 Å². The van der Waals surface area contributed by atoms with E-state index in [0.717, 1.165) is 56.6 Å². The third-order valence-corrected chi connectivity index (χ3v) is 13.3. The standard InChI is InChI=1S/C21H34N6O5S.C17H26N6O5S/c1-21(2,3)31-18(28)12-16(11-7-10-15-8-5-4-6-9-15)19-25-17(27-32-19)13-24-33(29,30)20-22-14-23-26-20;24-15(25)9-13(8-4-7-12-5-2-1-3-6-12)16-21-14(23-28-16)10-20-29(26,27)17-18-11-19-22-17/h14-16,24H,4-13H2,1-3H3,(H,22,23,26);11-13,20H,1-10H2,(H,24,25)(H,18,19,22)/t16-;13-/m11/s1. The summed E-state index contributed by atoms with van der Waals surface area (Å²) >= 11 is 0. The largest absolute Gasteiger partial charge is 0.481 e. The van der Waals surface area contributed by atoms with Crippen molar-refractivity contribution in [3.63, 3.8) is 0 Å². The molecule has 0 radical (unpaired) electrons. The molecule has 24 heteroatoms. The zero-order chi connectivity index (χ0) is 44.6. The van der Waals surface area contributed by atoms with Crippen LogP contribution >= 0.6 is 0 Å². The Morgan fingerprint density at radius 3 is 1.56 bits per heavy atom. The molecule has 0 unspecified atom stereocenters. The average molecular weight is 909 g/mol. The van der Waals surface area contributed by atoms with E-state index in [9.17, 15) is 31.5 Å². The first-order valence-corrected chi connectivity index (χ1v) is 24.3. The predicted molar refractivity (Wildman–Crippen MR) is 218 cm³/mol. The molecule has 6 rings (SSSR count).